The van der Waals surface area contributed by atoms with E-state index in [0.717, 1.165) is 19.4 Å². The summed E-state index contributed by atoms with van der Waals surface area (Å²) in [6.07, 6.45) is 1.46. The summed E-state index contributed by atoms with van der Waals surface area (Å²) in [7, 11) is 0. The summed E-state index contributed by atoms with van der Waals surface area (Å²) in [4.78, 5) is 4.37. The first-order valence-electron chi connectivity index (χ1n) is 6.22. The van der Waals surface area contributed by atoms with Crippen molar-refractivity contribution in [1.29, 1.82) is 0 Å². The van der Waals surface area contributed by atoms with Crippen molar-refractivity contribution < 1.29 is 14.4 Å². The van der Waals surface area contributed by atoms with Crippen molar-refractivity contribution in [2.45, 2.75) is 51.7 Å². The molecule has 0 amide bonds. The van der Waals surface area contributed by atoms with Gasteiger partial charge < -0.3 is 14.4 Å². The molecule has 5 nitrogen and oxygen atoms in total. The number of aliphatic hydroxyl groups excluding tert-OH is 1. The molecule has 1 aliphatic rings. The summed E-state index contributed by atoms with van der Waals surface area (Å²) < 4.78 is 10.8. The number of ether oxygens (including phenoxy) is 1. The second-order valence-electron chi connectivity index (χ2n) is 5.00. The molecule has 2 heterocycles. The van der Waals surface area contributed by atoms with E-state index in [2.05, 4.69) is 10.1 Å². The first kappa shape index (κ1) is 12.5. The minimum Gasteiger partial charge on any atom is -0.393 e. The van der Waals surface area contributed by atoms with E-state index in [9.17, 15) is 5.11 Å². The van der Waals surface area contributed by atoms with Crippen molar-refractivity contribution in [1.82, 2.24) is 10.1 Å². The Morgan fingerprint density at radius 1 is 1.35 bits per heavy atom. The van der Waals surface area contributed by atoms with Crippen LogP contribution in [0, 0.1) is 5.92 Å². The smallest absolute Gasteiger partial charge is 0.232 e. The van der Waals surface area contributed by atoms with Crippen molar-refractivity contribution in [2.24, 2.45) is 5.92 Å². The Hall–Kier alpha value is -0.940. The molecule has 0 bridgehead atoms. The van der Waals surface area contributed by atoms with Crippen LogP contribution in [0.1, 0.15) is 57.3 Å². The van der Waals surface area contributed by atoms with Gasteiger partial charge in [-0.3, -0.25) is 0 Å². The summed E-state index contributed by atoms with van der Waals surface area (Å²) in [5.41, 5.74) is 0. The lowest BCUT2D eigenvalue weighted by Crippen LogP contribution is -2.20. The monoisotopic (exact) mass is 240 g/mol. The van der Waals surface area contributed by atoms with E-state index in [1.807, 2.05) is 13.8 Å². The lowest BCUT2D eigenvalue weighted by Gasteiger charge is -2.19. The minimum absolute atomic E-state index is 0.0330. The zero-order valence-electron chi connectivity index (χ0n) is 10.6. The normalized spacial score (nSPS) is 24.2. The molecule has 0 spiro atoms. The van der Waals surface area contributed by atoms with Crippen LogP contribution in [0.4, 0.5) is 0 Å². The Labute approximate surface area is 101 Å². The second-order valence-corrected chi connectivity index (χ2v) is 5.00. The molecule has 2 rings (SSSR count). The number of hydrogen-bond acceptors (Lipinski definition) is 5. The number of nitrogens with zero attached hydrogens (tertiary/aromatic N) is 2. The molecule has 1 saturated heterocycles. The van der Waals surface area contributed by atoms with Crippen LogP contribution < -0.4 is 0 Å². The number of aromatic nitrogens is 2. The first-order chi connectivity index (χ1) is 8.09. The van der Waals surface area contributed by atoms with Crippen molar-refractivity contribution in [2.75, 3.05) is 6.61 Å². The van der Waals surface area contributed by atoms with Gasteiger partial charge in [0.15, 0.2) is 0 Å². The maximum absolute atomic E-state index is 9.75. The summed E-state index contributed by atoms with van der Waals surface area (Å²) in [6.45, 7) is 6.58. The molecule has 3 atom stereocenters. The zero-order valence-corrected chi connectivity index (χ0v) is 10.6. The van der Waals surface area contributed by atoms with Crippen LogP contribution in [0.5, 0.6) is 0 Å². The Bertz CT molecular complexity index is 348. The van der Waals surface area contributed by atoms with Crippen molar-refractivity contribution >= 4 is 0 Å². The molecule has 17 heavy (non-hydrogen) atoms. The predicted molar refractivity (Wildman–Crippen MR) is 61.5 cm³/mol. The van der Waals surface area contributed by atoms with Gasteiger partial charge in [-0.05, 0) is 25.7 Å². The predicted octanol–water partition coefficient (Wildman–Crippen LogP) is 2.04. The second kappa shape index (κ2) is 5.14. The SMILES string of the molecule is CC(C)C(c1nc(C2CCCO2)no1)C(C)O. The summed E-state index contributed by atoms with van der Waals surface area (Å²) in [5, 5.41) is 13.7. The van der Waals surface area contributed by atoms with Crippen LogP contribution in [0.2, 0.25) is 0 Å². The Morgan fingerprint density at radius 2 is 2.12 bits per heavy atom. The molecule has 96 valence electrons. The van der Waals surface area contributed by atoms with Gasteiger partial charge in [-0.2, -0.15) is 4.98 Å². The van der Waals surface area contributed by atoms with E-state index in [4.69, 9.17) is 9.26 Å². The molecule has 1 aromatic heterocycles. The lowest BCUT2D eigenvalue weighted by molar-refractivity contribution is 0.102. The Balaban J connectivity index is 2.15. The van der Waals surface area contributed by atoms with Crippen LogP contribution in [-0.4, -0.2) is 28.0 Å². The molecule has 0 radical (unpaired) electrons. The fraction of sp³-hybridized carbons (Fsp3) is 0.833. The molecule has 0 aromatic carbocycles. The van der Waals surface area contributed by atoms with Crippen LogP contribution >= 0.6 is 0 Å². The van der Waals surface area contributed by atoms with Crippen LogP contribution in [-0.2, 0) is 4.74 Å². The van der Waals surface area contributed by atoms with Gasteiger partial charge in [-0.25, -0.2) is 0 Å². The van der Waals surface area contributed by atoms with E-state index in [1.165, 1.54) is 0 Å². The summed E-state index contributed by atoms with van der Waals surface area (Å²) in [5.74, 6) is 1.27. The van der Waals surface area contributed by atoms with Gasteiger partial charge in [0.2, 0.25) is 11.7 Å². The Kier molecular flexibility index (Phi) is 3.79. The van der Waals surface area contributed by atoms with E-state index in [-0.39, 0.29) is 17.9 Å². The highest BCUT2D eigenvalue weighted by Gasteiger charge is 2.29. The average molecular weight is 240 g/mol. The van der Waals surface area contributed by atoms with E-state index in [1.54, 1.807) is 6.92 Å². The van der Waals surface area contributed by atoms with Gasteiger partial charge in [0.25, 0.3) is 0 Å². The first-order valence-corrected chi connectivity index (χ1v) is 6.22. The van der Waals surface area contributed by atoms with Crippen molar-refractivity contribution in [3.8, 4) is 0 Å². The van der Waals surface area contributed by atoms with Crippen molar-refractivity contribution in [3.05, 3.63) is 11.7 Å². The highest BCUT2D eigenvalue weighted by Crippen LogP contribution is 2.30. The molecule has 1 aromatic rings. The maximum atomic E-state index is 9.75. The van der Waals surface area contributed by atoms with Crippen LogP contribution in [0.3, 0.4) is 0 Å². The summed E-state index contributed by atoms with van der Waals surface area (Å²) >= 11 is 0. The largest absolute Gasteiger partial charge is 0.393 e. The van der Waals surface area contributed by atoms with Gasteiger partial charge in [0.05, 0.1) is 12.0 Å². The lowest BCUT2D eigenvalue weighted by atomic mass is 9.91. The summed E-state index contributed by atoms with van der Waals surface area (Å²) in [6, 6.07) is 0. The fourth-order valence-corrected chi connectivity index (χ4v) is 2.34. The highest BCUT2D eigenvalue weighted by molar-refractivity contribution is 5.00. The van der Waals surface area contributed by atoms with Gasteiger partial charge in [-0.15, -0.1) is 0 Å². The van der Waals surface area contributed by atoms with E-state index < -0.39 is 6.10 Å². The molecular formula is C12H20N2O3. The number of hydrogen-bond donors (Lipinski definition) is 1. The highest BCUT2D eigenvalue weighted by atomic mass is 16.5. The number of rotatable bonds is 4. The minimum atomic E-state index is -0.493. The van der Waals surface area contributed by atoms with Gasteiger partial charge in [0, 0.05) is 6.61 Å². The van der Waals surface area contributed by atoms with Crippen LogP contribution in [0.15, 0.2) is 4.52 Å². The fourth-order valence-electron chi connectivity index (χ4n) is 2.34. The van der Waals surface area contributed by atoms with Gasteiger partial charge in [0.1, 0.15) is 6.10 Å². The average Bonchev–Trinajstić information content (AvgIpc) is 2.83. The molecule has 3 unspecified atom stereocenters. The standard InChI is InChI=1S/C12H20N2O3/c1-7(2)10(8(3)15)12-13-11(14-17-12)9-5-4-6-16-9/h7-10,15H,4-6H2,1-3H3. The third-order valence-corrected chi connectivity index (χ3v) is 3.20. The quantitative estimate of drug-likeness (QED) is 0.872. The number of aliphatic hydroxyl groups is 1. The molecule has 0 saturated carbocycles. The van der Waals surface area contributed by atoms with Crippen LogP contribution in [0.25, 0.3) is 0 Å². The van der Waals surface area contributed by atoms with Gasteiger partial charge >= 0.3 is 0 Å². The maximum Gasteiger partial charge on any atom is 0.232 e. The molecular weight excluding hydrogens is 220 g/mol. The van der Waals surface area contributed by atoms with Crippen molar-refractivity contribution in [3.63, 3.8) is 0 Å². The molecule has 1 fully saturated rings. The van der Waals surface area contributed by atoms with Gasteiger partial charge in [-0.1, -0.05) is 19.0 Å². The van der Waals surface area contributed by atoms with E-state index in [0.29, 0.717) is 11.7 Å². The molecule has 1 N–H and O–H groups in total. The van der Waals surface area contributed by atoms with E-state index >= 15 is 0 Å². The zero-order chi connectivity index (χ0) is 12.4. The molecule has 5 heteroatoms. The molecule has 1 aliphatic heterocycles. The molecule has 0 aliphatic carbocycles. The third-order valence-electron chi connectivity index (χ3n) is 3.20. The Morgan fingerprint density at radius 3 is 2.65 bits per heavy atom. The topological polar surface area (TPSA) is 68.4 Å². The third kappa shape index (κ3) is 2.66.